The highest BCUT2D eigenvalue weighted by molar-refractivity contribution is 5.85. The van der Waals surface area contributed by atoms with Crippen molar-refractivity contribution in [1.82, 2.24) is 5.32 Å². The average Bonchev–Trinajstić information content (AvgIpc) is 2.74. The Bertz CT molecular complexity index is 758. The molecular formula is C28H48N2O5. The molecule has 1 unspecified atom stereocenters. The van der Waals surface area contributed by atoms with E-state index in [1.807, 2.05) is 37.3 Å². The van der Waals surface area contributed by atoms with Crippen molar-refractivity contribution >= 4 is 11.9 Å². The maximum absolute atomic E-state index is 13.2. The van der Waals surface area contributed by atoms with Crippen LogP contribution in [0.3, 0.4) is 0 Å². The molecule has 35 heavy (non-hydrogen) atoms. The van der Waals surface area contributed by atoms with E-state index in [0.717, 1.165) is 18.4 Å². The van der Waals surface area contributed by atoms with Gasteiger partial charge in [0.1, 0.15) is 5.60 Å². The van der Waals surface area contributed by atoms with Gasteiger partial charge in [-0.1, -0.05) is 57.5 Å². The van der Waals surface area contributed by atoms with E-state index >= 15 is 0 Å². The molecule has 4 atom stereocenters. The van der Waals surface area contributed by atoms with Gasteiger partial charge < -0.3 is 25.6 Å². The number of unbranched alkanes of at least 4 members (excludes halogenated alkanes) is 1. The number of carbonyl (C=O) groups excluding carboxylic acids is 2. The van der Waals surface area contributed by atoms with E-state index in [4.69, 9.17) is 15.2 Å². The summed E-state index contributed by atoms with van der Waals surface area (Å²) in [7, 11) is 0. The molecule has 4 N–H and O–H groups in total. The molecule has 1 aromatic rings. The highest BCUT2D eigenvalue weighted by Crippen LogP contribution is 2.29. The SMILES string of the molecule is CCCCNC(=O)C(C)(N)C[C@H](O)[C@H](C[C@H](COCc1ccccc1)C(C)C)C(=O)OC(C)(C)C. The van der Waals surface area contributed by atoms with E-state index in [1.54, 1.807) is 27.7 Å². The number of benzene rings is 1. The normalized spacial score (nSPS) is 16.3. The summed E-state index contributed by atoms with van der Waals surface area (Å²) < 4.78 is 11.6. The minimum absolute atomic E-state index is 0.00768. The Labute approximate surface area is 212 Å². The first kappa shape index (κ1) is 31.1. The van der Waals surface area contributed by atoms with Crippen LogP contribution >= 0.6 is 0 Å². The van der Waals surface area contributed by atoms with Crippen molar-refractivity contribution in [2.45, 2.75) is 98.0 Å². The molecule has 0 bridgehead atoms. The fraction of sp³-hybridized carbons (Fsp3) is 0.714. The Morgan fingerprint density at radius 3 is 2.29 bits per heavy atom. The van der Waals surface area contributed by atoms with Gasteiger partial charge in [-0.25, -0.2) is 0 Å². The van der Waals surface area contributed by atoms with Crippen LogP contribution in [0.15, 0.2) is 30.3 Å². The van der Waals surface area contributed by atoms with Gasteiger partial charge in [-0.2, -0.15) is 0 Å². The van der Waals surface area contributed by atoms with Crippen LogP contribution in [0, 0.1) is 17.8 Å². The fourth-order valence-electron chi connectivity index (χ4n) is 3.80. The number of carbonyl (C=O) groups is 2. The summed E-state index contributed by atoms with van der Waals surface area (Å²) in [5, 5.41) is 14.0. The van der Waals surface area contributed by atoms with Crippen LogP contribution in [0.25, 0.3) is 0 Å². The molecule has 0 heterocycles. The van der Waals surface area contributed by atoms with Gasteiger partial charge in [-0.3, -0.25) is 9.59 Å². The minimum atomic E-state index is -1.31. The van der Waals surface area contributed by atoms with Crippen molar-refractivity contribution in [3.05, 3.63) is 35.9 Å². The molecule has 200 valence electrons. The van der Waals surface area contributed by atoms with Crippen molar-refractivity contribution in [3.8, 4) is 0 Å². The predicted molar refractivity (Wildman–Crippen MR) is 140 cm³/mol. The molecule has 0 saturated heterocycles. The Morgan fingerprint density at radius 2 is 1.74 bits per heavy atom. The molecule has 1 amide bonds. The summed E-state index contributed by atoms with van der Waals surface area (Å²) in [4.78, 5) is 25.8. The number of esters is 1. The van der Waals surface area contributed by atoms with Gasteiger partial charge >= 0.3 is 5.97 Å². The number of amides is 1. The first-order valence-corrected chi connectivity index (χ1v) is 12.9. The second-order valence-electron chi connectivity index (χ2n) is 11.2. The molecular weight excluding hydrogens is 444 g/mol. The third kappa shape index (κ3) is 12.0. The molecule has 0 saturated carbocycles. The standard InChI is InChI=1S/C28H48N2O5/c1-8-9-15-30-26(33)28(7,29)17-24(31)23(25(32)35-27(4,5)6)16-22(20(2)3)19-34-18-21-13-11-10-12-14-21/h10-14,20,22-24,31H,8-9,15-19,29H2,1-7H3,(H,30,33)/t22-,23+,24+,28?/m1/s1. The van der Waals surface area contributed by atoms with Crippen LogP contribution in [0.2, 0.25) is 0 Å². The maximum Gasteiger partial charge on any atom is 0.312 e. The molecule has 7 heteroatoms. The monoisotopic (exact) mass is 492 g/mol. The van der Waals surface area contributed by atoms with Crippen LogP contribution in [-0.2, 0) is 25.7 Å². The van der Waals surface area contributed by atoms with E-state index in [1.165, 1.54) is 0 Å². The highest BCUT2D eigenvalue weighted by atomic mass is 16.6. The minimum Gasteiger partial charge on any atom is -0.460 e. The zero-order valence-corrected chi connectivity index (χ0v) is 22.8. The second-order valence-corrected chi connectivity index (χ2v) is 11.2. The summed E-state index contributed by atoms with van der Waals surface area (Å²) in [6.45, 7) is 14.6. The van der Waals surface area contributed by atoms with Gasteiger partial charge in [0.05, 0.1) is 30.8 Å². The predicted octanol–water partition coefficient (Wildman–Crippen LogP) is 4.21. The summed E-state index contributed by atoms with van der Waals surface area (Å²) in [6, 6.07) is 9.91. The lowest BCUT2D eigenvalue weighted by molar-refractivity contribution is -0.166. The Hall–Kier alpha value is -1.96. The lowest BCUT2D eigenvalue weighted by Crippen LogP contribution is -2.55. The number of aliphatic hydroxyl groups is 1. The summed E-state index contributed by atoms with van der Waals surface area (Å²) >= 11 is 0. The molecule has 1 aromatic carbocycles. The maximum atomic E-state index is 13.2. The smallest absolute Gasteiger partial charge is 0.312 e. The average molecular weight is 493 g/mol. The number of ether oxygens (including phenoxy) is 2. The van der Waals surface area contributed by atoms with Crippen molar-refractivity contribution in [1.29, 1.82) is 0 Å². The quantitative estimate of drug-likeness (QED) is 0.250. The van der Waals surface area contributed by atoms with Crippen molar-refractivity contribution in [3.63, 3.8) is 0 Å². The largest absolute Gasteiger partial charge is 0.460 e. The van der Waals surface area contributed by atoms with E-state index < -0.39 is 29.1 Å². The Morgan fingerprint density at radius 1 is 1.11 bits per heavy atom. The van der Waals surface area contributed by atoms with Gasteiger partial charge in [0, 0.05) is 13.0 Å². The lowest BCUT2D eigenvalue weighted by atomic mass is 9.80. The second kappa shape index (κ2) is 14.6. The van der Waals surface area contributed by atoms with E-state index in [2.05, 4.69) is 19.2 Å². The van der Waals surface area contributed by atoms with Gasteiger partial charge in [-0.15, -0.1) is 0 Å². The van der Waals surface area contributed by atoms with Crippen LogP contribution in [0.1, 0.15) is 79.7 Å². The van der Waals surface area contributed by atoms with Gasteiger partial charge in [0.2, 0.25) is 5.91 Å². The molecule has 0 aliphatic rings. The lowest BCUT2D eigenvalue weighted by Gasteiger charge is -2.33. The van der Waals surface area contributed by atoms with Crippen LogP contribution in [-0.4, -0.2) is 47.4 Å². The fourth-order valence-corrected chi connectivity index (χ4v) is 3.80. The molecule has 0 aliphatic carbocycles. The molecule has 0 aromatic heterocycles. The van der Waals surface area contributed by atoms with E-state index in [-0.39, 0.29) is 24.2 Å². The topological polar surface area (TPSA) is 111 Å². The molecule has 0 fully saturated rings. The first-order chi connectivity index (χ1) is 16.3. The summed E-state index contributed by atoms with van der Waals surface area (Å²) in [6.07, 6.45) is 0.991. The molecule has 0 radical (unpaired) electrons. The number of nitrogens with two attached hydrogens (primary N) is 1. The Balaban J connectivity index is 2.95. The zero-order valence-electron chi connectivity index (χ0n) is 22.8. The van der Waals surface area contributed by atoms with Crippen LogP contribution in [0.4, 0.5) is 0 Å². The van der Waals surface area contributed by atoms with E-state index in [0.29, 0.717) is 26.2 Å². The third-order valence-corrected chi connectivity index (χ3v) is 6.08. The first-order valence-electron chi connectivity index (χ1n) is 12.9. The van der Waals surface area contributed by atoms with Gasteiger partial charge in [0.15, 0.2) is 0 Å². The van der Waals surface area contributed by atoms with Gasteiger partial charge in [0.25, 0.3) is 0 Å². The molecule has 7 nitrogen and oxygen atoms in total. The number of hydrogen-bond donors (Lipinski definition) is 3. The molecule has 1 rings (SSSR count). The van der Waals surface area contributed by atoms with Crippen molar-refractivity contribution in [2.24, 2.45) is 23.5 Å². The molecule has 0 aliphatic heterocycles. The number of hydrogen-bond acceptors (Lipinski definition) is 6. The third-order valence-electron chi connectivity index (χ3n) is 6.08. The summed E-state index contributed by atoms with van der Waals surface area (Å²) in [5.74, 6) is -1.42. The van der Waals surface area contributed by atoms with Crippen LogP contribution < -0.4 is 11.1 Å². The van der Waals surface area contributed by atoms with Crippen LogP contribution in [0.5, 0.6) is 0 Å². The highest BCUT2D eigenvalue weighted by Gasteiger charge is 2.39. The van der Waals surface area contributed by atoms with Gasteiger partial charge in [-0.05, 0) is 57.9 Å². The number of nitrogens with one attached hydrogen (secondary N) is 1. The van der Waals surface area contributed by atoms with Crippen molar-refractivity contribution in [2.75, 3.05) is 13.2 Å². The Kier molecular flexibility index (Phi) is 12.9. The molecule has 0 spiro atoms. The summed E-state index contributed by atoms with van der Waals surface area (Å²) in [5.41, 5.74) is 5.36. The van der Waals surface area contributed by atoms with E-state index in [9.17, 15) is 14.7 Å². The van der Waals surface area contributed by atoms with Crippen molar-refractivity contribution < 1.29 is 24.2 Å². The number of rotatable bonds is 15. The zero-order chi connectivity index (χ0) is 26.6. The number of aliphatic hydroxyl groups excluding tert-OH is 1.